The van der Waals surface area contributed by atoms with E-state index in [2.05, 4.69) is 107 Å². The summed E-state index contributed by atoms with van der Waals surface area (Å²) in [5.41, 5.74) is 15.8. The van der Waals surface area contributed by atoms with Gasteiger partial charge in [0.25, 0.3) is 0 Å². The zero-order valence-corrected chi connectivity index (χ0v) is 33.6. The van der Waals surface area contributed by atoms with Crippen molar-refractivity contribution in [2.75, 3.05) is 0 Å². The largest absolute Gasteiger partial charge is 0.219 e. The Morgan fingerprint density at radius 1 is 0.661 bits per heavy atom. The molecule has 0 aromatic heterocycles. The molecule has 3 heteroatoms. The van der Waals surface area contributed by atoms with Gasteiger partial charge in [0.05, 0.1) is 20.6 Å². The first-order valence-corrected chi connectivity index (χ1v) is 20.9. The molecule has 0 radical (unpaired) electrons. The fraction of sp³-hybridized carbons (Fsp3) is 0.170. The number of rotatable bonds is 9. The van der Waals surface area contributed by atoms with Crippen molar-refractivity contribution in [2.45, 2.75) is 68.1 Å². The Morgan fingerprint density at radius 3 is 1.84 bits per heavy atom. The van der Waals surface area contributed by atoms with Crippen molar-refractivity contribution < 1.29 is 8.42 Å². The van der Waals surface area contributed by atoms with E-state index >= 15 is 8.42 Å². The van der Waals surface area contributed by atoms with E-state index in [4.69, 9.17) is 6.42 Å². The first-order valence-electron chi connectivity index (χ1n) is 19.5. The smallest absolute Gasteiger partial charge is 0.206 e. The lowest BCUT2D eigenvalue weighted by molar-refractivity contribution is 0.595. The van der Waals surface area contributed by atoms with E-state index in [9.17, 15) is 0 Å². The highest BCUT2D eigenvalue weighted by atomic mass is 32.2. The van der Waals surface area contributed by atoms with Gasteiger partial charge in [-0.3, -0.25) is 0 Å². The van der Waals surface area contributed by atoms with Gasteiger partial charge in [0, 0.05) is 0 Å². The summed E-state index contributed by atoms with van der Waals surface area (Å²) in [5, 5.41) is 0. The van der Waals surface area contributed by atoms with Crippen LogP contribution in [0, 0.1) is 12.3 Å². The zero-order chi connectivity index (χ0) is 39.6. The van der Waals surface area contributed by atoms with Crippen LogP contribution in [0.15, 0.2) is 190 Å². The molecule has 2 nitrogen and oxygen atoms in total. The molecule has 2 unspecified atom stereocenters. The number of fused-ring (bicyclic) bond motifs is 9. The van der Waals surface area contributed by atoms with Gasteiger partial charge < -0.3 is 0 Å². The lowest BCUT2D eigenvalue weighted by Crippen LogP contribution is -2.28. The molecular formula is C53H46O2S. The SMILES string of the molecule is C#C/C=C\C1=C(C)c2ccccc2C12c1ccccc1-c1ccc(S(=O)(=O)c3ccc4c(c3)C3(C(C=C)=C(CC)C(C)=C3/C=C\CC)C(C=C)=C4/C=C\C)cc12. The lowest BCUT2D eigenvalue weighted by Gasteiger charge is -2.34. The van der Waals surface area contributed by atoms with Gasteiger partial charge in [0.1, 0.15) is 0 Å². The van der Waals surface area contributed by atoms with Crippen LogP contribution in [0.3, 0.4) is 0 Å². The topological polar surface area (TPSA) is 34.1 Å². The monoisotopic (exact) mass is 746 g/mol. The number of allylic oxidation sites excluding steroid dienone is 16. The molecule has 2 spiro atoms. The second-order valence-electron chi connectivity index (χ2n) is 14.9. The number of benzene rings is 4. The van der Waals surface area contributed by atoms with Crippen LogP contribution in [0.2, 0.25) is 0 Å². The van der Waals surface area contributed by atoms with Crippen LogP contribution in [0.25, 0.3) is 22.3 Å². The summed E-state index contributed by atoms with van der Waals surface area (Å²) in [6.07, 6.45) is 23.8. The van der Waals surface area contributed by atoms with Crippen molar-refractivity contribution >= 4 is 21.0 Å². The van der Waals surface area contributed by atoms with Crippen molar-refractivity contribution in [3.05, 3.63) is 214 Å². The molecule has 4 aliphatic rings. The van der Waals surface area contributed by atoms with Crippen LogP contribution in [-0.2, 0) is 20.7 Å². The molecule has 0 saturated heterocycles. The van der Waals surface area contributed by atoms with Crippen LogP contribution in [0.5, 0.6) is 0 Å². The van der Waals surface area contributed by atoms with Gasteiger partial charge in [-0.15, -0.1) is 6.42 Å². The first kappa shape index (κ1) is 37.0. The molecule has 0 aliphatic heterocycles. The third kappa shape index (κ3) is 4.66. The van der Waals surface area contributed by atoms with E-state index in [0.717, 1.165) is 90.8 Å². The highest BCUT2D eigenvalue weighted by Crippen LogP contribution is 2.64. The van der Waals surface area contributed by atoms with Crippen molar-refractivity contribution in [3.63, 3.8) is 0 Å². The molecule has 276 valence electrons. The number of terminal acetylenes is 1. The zero-order valence-electron chi connectivity index (χ0n) is 32.8. The third-order valence-electron chi connectivity index (χ3n) is 12.5. The Morgan fingerprint density at radius 2 is 1.23 bits per heavy atom. The minimum atomic E-state index is -4.04. The van der Waals surface area contributed by atoms with Gasteiger partial charge in [-0.05, 0) is 159 Å². The predicted molar refractivity (Wildman–Crippen MR) is 234 cm³/mol. The summed E-state index contributed by atoms with van der Waals surface area (Å²) in [4.78, 5) is 0.502. The van der Waals surface area contributed by atoms with Gasteiger partial charge in [0.2, 0.25) is 9.84 Å². The maximum atomic E-state index is 15.3. The second kappa shape index (κ2) is 13.7. The van der Waals surface area contributed by atoms with Crippen LogP contribution in [0.4, 0.5) is 0 Å². The Labute approximate surface area is 333 Å². The van der Waals surface area contributed by atoms with Crippen molar-refractivity contribution in [2.24, 2.45) is 0 Å². The molecule has 0 amide bonds. The van der Waals surface area contributed by atoms with E-state index in [1.54, 1.807) is 18.2 Å². The molecule has 0 saturated carbocycles. The van der Waals surface area contributed by atoms with Crippen LogP contribution >= 0.6 is 0 Å². The van der Waals surface area contributed by atoms with Crippen molar-refractivity contribution in [1.82, 2.24) is 0 Å². The summed E-state index contributed by atoms with van der Waals surface area (Å²) in [5.74, 6) is 2.70. The Balaban J connectivity index is 1.39. The van der Waals surface area contributed by atoms with E-state index in [1.165, 1.54) is 11.1 Å². The van der Waals surface area contributed by atoms with Crippen LogP contribution in [-0.4, -0.2) is 8.42 Å². The maximum Gasteiger partial charge on any atom is 0.206 e. The van der Waals surface area contributed by atoms with Gasteiger partial charge in [0.15, 0.2) is 0 Å². The Kier molecular flexibility index (Phi) is 9.03. The molecule has 0 fully saturated rings. The Hall–Kier alpha value is -5.95. The summed E-state index contributed by atoms with van der Waals surface area (Å²) in [7, 11) is -4.04. The van der Waals surface area contributed by atoms with E-state index in [-0.39, 0.29) is 9.79 Å². The lowest BCUT2D eigenvalue weighted by atomic mass is 9.67. The minimum absolute atomic E-state index is 0.251. The summed E-state index contributed by atoms with van der Waals surface area (Å²) in [6.45, 7) is 19.3. The summed E-state index contributed by atoms with van der Waals surface area (Å²) >= 11 is 0. The third-order valence-corrected chi connectivity index (χ3v) is 14.3. The van der Waals surface area contributed by atoms with E-state index in [0.29, 0.717) is 0 Å². The molecule has 0 bridgehead atoms. The standard InChI is InChI=1S/C53H46O2S/c1-9-15-24-46-34(7)38(12-4)44(13-5)52(46)45(14-6)40(21-11-3)42-30-28-36(32-50(42)52)56(54,55)37-29-31-43-41-23-18-20-27-49(41)53(51(43)33-37)47(25-16-10-2)35(8)39-22-17-19-26-48(39)53/h2,11,13-33H,5-6,9,12H2,1,3-4,7-8H3/b21-11-,24-15-,25-16-. The molecule has 0 N–H and O–H groups in total. The molecule has 4 aliphatic carbocycles. The van der Waals surface area contributed by atoms with Crippen molar-refractivity contribution in [1.29, 1.82) is 0 Å². The van der Waals surface area contributed by atoms with Gasteiger partial charge >= 0.3 is 0 Å². The highest BCUT2D eigenvalue weighted by Gasteiger charge is 2.53. The summed E-state index contributed by atoms with van der Waals surface area (Å²) in [6, 6.07) is 28.3. The first-order chi connectivity index (χ1) is 27.1. The predicted octanol–water partition coefficient (Wildman–Crippen LogP) is 12.8. The fourth-order valence-electron chi connectivity index (χ4n) is 10.4. The highest BCUT2D eigenvalue weighted by molar-refractivity contribution is 7.91. The van der Waals surface area contributed by atoms with Gasteiger partial charge in [-0.2, -0.15) is 0 Å². The average Bonchev–Trinajstić information content (AvgIpc) is 3.84. The maximum absolute atomic E-state index is 15.3. The summed E-state index contributed by atoms with van der Waals surface area (Å²) < 4.78 is 30.5. The molecule has 0 heterocycles. The van der Waals surface area contributed by atoms with Crippen LogP contribution < -0.4 is 0 Å². The Bertz CT molecular complexity index is 2800. The molecule has 4 aromatic carbocycles. The normalized spacial score (nSPS) is 21.0. The van der Waals surface area contributed by atoms with Gasteiger partial charge in [-0.1, -0.05) is 130 Å². The average molecular weight is 747 g/mol. The van der Waals surface area contributed by atoms with E-state index in [1.807, 2.05) is 61.6 Å². The molecule has 4 aromatic rings. The second-order valence-corrected chi connectivity index (χ2v) is 16.8. The van der Waals surface area contributed by atoms with Crippen molar-refractivity contribution in [3.8, 4) is 23.5 Å². The van der Waals surface area contributed by atoms with E-state index < -0.39 is 20.7 Å². The number of sulfone groups is 1. The molecular weight excluding hydrogens is 701 g/mol. The number of hydrogen-bond donors (Lipinski definition) is 0. The molecule has 2 atom stereocenters. The molecule has 56 heavy (non-hydrogen) atoms. The molecule has 8 rings (SSSR count). The quantitative estimate of drug-likeness (QED) is 0.160. The number of hydrogen-bond acceptors (Lipinski definition) is 2. The fourth-order valence-corrected chi connectivity index (χ4v) is 11.7. The van der Waals surface area contributed by atoms with Crippen LogP contribution in [0.1, 0.15) is 80.8 Å². The minimum Gasteiger partial charge on any atom is -0.219 e. The van der Waals surface area contributed by atoms with Gasteiger partial charge in [-0.25, -0.2) is 8.42 Å².